The first-order valence-electron chi connectivity index (χ1n) is 15.0. The number of amidine groups is 2. The molecule has 0 saturated heterocycles. The normalized spacial score (nSPS) is 23.7. The molecule has 2 atom stereocenters. The molecule has 0 spiro atoms. The summed E-state index contributed by atoms with van der Waals surface area (Å²) in [5, 5.41) is 8.22. The highest BCUT2D eigenvalue weighted by Crippen LogP contribution is 2.39. The maximum Gasteiger partial charge on any atom is 0.262 e. The molecule has 4 heterocycles. The fourth-order valence-corrected chi connectivity index (χ4v) is 6.12. The highest BCUT2D eigenvalue weighted by molar-refractivity contribution is 6.10. The van der Waals surface area contributed by atoms with E-state index in [4.69, 9.17) is 9.47 Å². The first-order valence-corrected chi connectivity index (χ1v) is 15.0. The summed E-state index contributed by atoms with van der Waals surface area (Å²) in [5.74, 6) is 3.84. The van der Waals surface area contributed by atoms with E-state index < -0.39 is 0 Å². The Labute approximate surface area is 245 Å². The number of hydrogen-bond acceptors (Lipinski definition) is 8. The van der Waals surface area contributed by atoms with Crippen LogP contribution in [0, 0.1) is 5.92 Å². The van der Waals surface area contributed by atoms with Crippen molar-refractivity contribution in [2.45, 2.75) is 70.9 Å². The quantitative estimate of drug-likeness (QED) is 0.570. The fourth-order valence-electron chi connectivity index (χ4n) is 6.12. The Hall–Kier alpha value is -4.34. The van der Waals surface area contributed by atoms with Crippen LogP contribution in [0.5, 0.6) is 11.5 Å². The second-order valence-electron chi connectivity index (χ2n) is 11.9. The summed E-state index contributed by atoms with van der Waals surface area (Å²) in [4.78, 5) is 27.7. The lowest BCUT2D eigenvalue weighted by Crippen LogP contribution is -2.55. The Morgan fingerprint density at radius 1 is 0.833 bits per heavy atom. The lowest BCUT2D eigenvalue weighted by atomic mass is 9.81. The van der Waals surface area contributed by atoms with Crippen LogP contribution < -0.4 is 30.1 Å². The van der Waals surface area contributed by atoms with Gasteiger partial charge in [0.25, 0.3) is 11.8 Å². The van der Waals surface area contributed by atoms with Gasteiger partial charge >= 0.3 is 0 Å². The van der Waals surface area contributed by atoms with Gasteiger partial charge in [-0.05, 0) is 80.8 Å². The van der Waals surface area contributed by atoms with Gasteiger partial charge in [0.2, 0.25) is 0 Å². The zero-order chi connectivity index (χ0) is 28.8. The maximum absolute atomic E-state index is 11.9. The van der Waals surface area contributed by atoms with Crippen LogP contribution in [0.3, 0.4) is 0 Å². The number of benzene rings is 2. The second kappa shape index (κ2) is 10.8. The number of amides is 2. The number of ether oxygens (including phenoxy) is 2. The van der Waals surface area contributed by atoms with Crippen molar-refractivity contribution < 1.29 is 19.1 Å². The summed E-state index contributed by atoms with van der Waals surface area (Å²) in [6, 6.07) is 12.0. The predicted molar refractivity (Wildman–Crippen MR) is 162 cm³/mol. The van der Waals surface area contributed by atoms with Crippen LogP contribution in [0.1, 0.15) is 63.5 Å². The molecule has 2 unspecified atom stereocenters. The van der Waals surface area contributed by atoms with Gasteiger partial charge in [0.05, 0.1) is 11.4 Å². The average Bonchev–Trinajstić information content (AvgIpc) is 2.96. The second-order valence-corrected chi connectivity index (χ2v) is 11.9. The zero-order valence-electron chi connectivity index (χ0n) is 24.1. The number of rotatable bonds is 3. The number of carbonyl (C=O) groups is 2. The van der Waals surface area contributed by atoms with Crippen molar-refractivity contribution in [1.29, 1.82) is 0 Å². The molecule has 4 aliphatic heterocycles. The number of carbonyl (C=O) groups excluding carboxylic acids is 2. The fraction of sp³-hybridized carbons (Fsp3) is 0.438. The number of nitrogens with one attached hydrogen (secondary N) is 2. The van der Waals surface area contributed by atoms with Crippen molar-refractivity contribution in [3.63, 3.8) is 0 Å². The largest absolute Gasteiger partial charge is 0.483 e. The molecule has 2 aliphatic carbocycles. The van der Waals surface area contributed by atoms with E-state index in [-0.39, 0.29) is 23.9 Å². The van der Waals surface area contributed by atoms with Crippen molar-refractivity contribution in [1.82, 2.24) is 10.9 Å². The summed E-state index contributed by atoms with van der Waals surface area (Å²) in [5.41, 5.74) is 11.0. The number of hydrogen-bond donors (Lipinski definition) is 2. The van der Waals surface area contributed by atoms with Gasteiger partial charge in [0.15, 0.2) is 11.7 Å². The lowest BCUT2D eigenvalue weighted by molar-refractivity contribution is -0.123. The van der Waals surface area contributed by atoms with Crippen molar-refractivity contribution >= 4 is 40.9 Å². The molecule has 0 radical (unpaired) electrons. The van der Waals surface area contributed by atoms with E-state index in [1.807, 2.05) is 35.8 Å². The zero-order valence-corrected chi connectivity index (χ0v) is 24.1. The van der Waals surface area contributed by atoms with Crippen LogP contribution in [-0.4, -0.2) is 48.8 Å². The molecule has 0 aromatic heterocycles. The van der Waals surface area contributed by atoms with Crippen LogP contribution in [0.2, 0.25) is 0 Å². The monoisotopic (exact) mass is 568 g/mol. The number of hydrazone groups is 2. The van der Waals surface area contributed by atoms with Gasteiger partial charge < -0.3 is 19.3 Å². The molecule has 42 heavy (non-hydrogen) atoms. The van der Waals surface area contributed by atoms with Crippen molar-refractivity contribution in [2.24, 2.45) is 16.1 Å². The third-order valence-corrected chi connectivity index (χ3v) is 9.03. The summed E-state index contributed by atoms with van der Waals surface area (Å²) in [6.07, 6.45) is 11.1. The SMILES string of the molecule is CC1C(=O)NN=C2COc3ccc(C=C4CCC4)cc3N21.CC1C(=O)NN=C2COc3ccc(CC4CCC4)cc3N21. The molecule has 0 bridgehead atoms. The van der Waals surface area contributed by atoms with E-state index in [1.54, 1.807) is 0 Å². The Morgan fingerprint density at radius 3 is 1.98 bits per heavy atom. The number of fused-ring (bicyclic) bond motifs is 6. The summed E-state index contributed by atoms with van der Waals surface area (Å²) >= 11 is 0. The van der Waals surface area contributed by atoms with Crippen LogP contribution >= 0.6 is 0 Å². The van der Waals surface area contributed by atoms with Gasteiger partial charge in [-0.15, -0.1) is 0 Å². The van der Waals surface area contributed by atoms with E-state index in [9.17, 15) is 9.59 Å². The molecule has 2 aromatic carbocycles. The van der Waals surface area contributed by atoms with Gasteiger partial charge in [0.1, 0.15) is 36.8 Å². The number of allylic oxidation sites excluding steroid dienone is 1. The maximum atomic E-state index is 11.9. The molecule has 218 valence electrons. The minimum atomic E-state index is -0.272. The minimum absolute atomic E-state index is 0.0732. The average molecular weight is 569 g/mol. The minimum Gasteiger partial charge on any atom is -0.483 e. The van der Waals surface area contributed by atoms with Crippen molar-refractivity contribution in [2.75, 3.05) is 23.0 Å². The van der Waals surface area contributed by atoms with Gasteiger partial charge in [-0.3, -0.25) is 9.59 Å². The Morgan fingerprint density at radius 2 is 1.43 bits per heavy atom. The van der Waals surface area contributed by atoms with E-state index in [0.29, 0.717) is 13.2 Å². The van der Waals surface area contributed by atoms with Crippen molar-refractivity contribution in [3.05, 3.63) is 53.1 Å². The molecule has 2 amide bonds. The standard InChI is InChI=1S/C16H19N3O2.C16H17N3O2/c2*1-10-16(20)18-17-15-9-21-14-6-5-12(7-11-3-2-4-11)8-13(14)19(10)15/h5-6,8,10-11H,2-4,7,9H2,1H3,(H,18,20);5-8,10H,2-4,9H2,1H3,(H,18,20). The number of nitrogens with zero attached hydrogens (tertiary/aromatic N) is 4. The predicted octanol–water partition coefficient (Wildman–Crippen LogP) is 4.34. The van der Waals surface area contributed by atoms with Gasteiger partial charge in [0, 0.05) is 0 Å². The summed E-state index contributed by atoms with van der Waals surface area (Å²) < 4.78 is 11.5. The van der Waals surface area contributed by atoms with E-state index >= 15 is 0 Å². The Bertz CT molecular complexity index is 1520. The van der Waals surface area contributed by atoms with Crippen LogP contribution in [0.15, 0.2) is 52.2 Å². The van der Waals surface area contributed by atoms with Gasteiger partial charge in [-0.2, -0.15) is 10.2 Å². The summed E-state index contributed by atoms with van der Waals surface area (Å²) in [6.45, 7) is 4.57. The van der Waals surface area contributed by atoms with E-state index in [0.717, 1.165) is 52.4 Å². The van der Waals surface area contributed by atoms with E-state index in [2.05, 4.69) is 51.4 Å². The first-order chi connectivity index (χ1) is 20.4. The van der Waals surface area contributed by atoms with Crippen LogP contribution in [-0.2, 0) is 16.0 Å². The molecule has 2 N–H and O–H groups in total. The topological polar surface area (TPSA) is 108 Å². The Kier molecular flexibility index (Phi) is 6.84. The third kappa shape index (κ3) is 4.88. The third-order valence-electron chi connectivity index (χ3n) is 9.03. The first kappa shape index (κ1) is 26.6. The van der Waals surface area contributed by atoms with E-state index in [1.165, 1.54) is 49.7 Å². The molecular weight excluding hydrogens is 532 g/mol. The van der Waals surface area contributed by atoms with Gasteiger partial charge in [-0.1, -0.05) is 43.0 Å². The highest BCUT2D eigenvalue weighted by Gasteiger charge is 2.36. The highest BCUT2D eigenvalue weighted by atomic mass is 16.5. The number of anilines is 2. The lowest BCUT2D eigenvalue weighted by Gasteiger charge is -2.38. The molecule has 10 nitrogen and oxygen atoms in total. The molecular formula is C32H36N6O4. The molecule has 8 rings (SSSR count). The van der Waals surface area contributed by atoms with Gasteiger partial charge in [-0.25, -0.2) is 10.9 Å². The van der Waals surface area contributed by atoms with Crippen molar-refractivity contribution in [3.8, 4) is 11.5 Å². The molecule has 2 fully saturated rings. The molecule has 6 aliphatic rings. The smallest absolute Gasteiger partial charge is 0.262 e. The van der Waals surface area contributed by atoms with Crippen LogP contribution in [0.4, 0.5) is 11.4 Å². The Balaban J connectivity index is 0.000000137. The van der Waals surface area contributed by atoms with Crippen LogP contribution in [0.25, 0.3) is 6.08 Å². The molecule has 2 saturated carbocycles. The molecule has 2 aromatic rings. The summed E-state index contributed by atoms with van der Waals surface area (Å²) in [7, 11) is 0. The molecule has 10 heteroatoms.